The molecule has 0 aromatic heterocycles. The van der Waals surface area contributed by atoms with E-state index in [1.807, 2.05) is 18.2 Å². The third kappa shape index (κ3) is 5.21. The molecule has 2 aliphatic rings. The maximum absolute atomic E-state index is 8.82. The van der Waals surface area contributed by atoms with Gasteiger partial charge < -0.3 is 9.47 Å². The number of allylic oxidation sites excluding steroid dienone is 1. The Bertz CT molecular complexity index is 676. The van der Waals surface area contributed by atoms with Crippen LogP contribution in [0.5, 0.6) is 0 Å². The zero-order valence-corrected chi connectivity index (χ0v) is 15.3. The van der Waals surface area contributed by atoms with Gasteiger partial charge in [-0.15, -0.1) is 6.58 Å². The SMILES string of the molecule is C=CCC[C@H]1CC[C@H](C2COC(C#Cc3ccc(C#N)cc3)CO2)CC1. The van der Waals surface area contributed by atoms with E-state index in [1.165, 1.54) is 32.1 Å². The first kappa shape index (κ1) is 18.7. The van der Waals surface area contributed by atoms with Gasteiger partial charge in [0.05, 0.1) is 31.0 Å². The van der Waals surface area contributed by atoms with Crippen LogP contribution in [-0.2, 0) is 9.47 Å². The Kier molecular flexibility index (Phi) is 6.89. The van der Waals surface area contributed by atoms with Crippen LogP contribution in [0.4, 0.5) is 0 Å². The van der Waals surface area contributed by atoms with Gasteiger partial charge in [0.15, 0.2) is 0 Å². The minimum atomic E-state index is -0.161. The van der Waals surface area contributed by atoms with E-state index in [9.17, 15) is 0 Å². The first-order valence-corrected chi connectivity index (χ1v) is 9.64. The first-order chi connectivity index (χ1) is 12.8. The zero-order chi connectivity index (χ0) is 18.2. The lowest BCUT2D eigenvalue weighted by molar-refractivity contribution is -0.138. The summed E-state index contributed by atoms with van der Waals surface area (Å²) in [5.74, 6) is 7.74. The molecular weight excluding hydrogens is 322 g/mol. The summed E-state index contributed by atoms with van der Waals surface area (Å²) in [6, 6.07) is 9.40. The minimum absolute atomic E-state index is 0.161. The lowest BCUT2D eigenvalue weighted by atomic mass is 9.77. The Balaban J connectivity index is 1.43. The third-order valence-electron chi connectivity index (χ3n) is 5.51. The predicted octanol–water partition coefficient (Wildman–Crippen LogP) is 4.47. The number of nitrogens with zero attached hydrogens (tertiary/aromatic N) is 1. The molecule has 0 bridgehead atoms. The monoisotopic (exact) mass is 349 g/mol. The van der Waals surface area contributed by atoms with E-state index in [-0.39, 0.29) is 12.2 Å². The second-order valence-electron chi connectivity index (χ2n) is 7.30. The highest BCUT2D eigenvalue weighted by atomic mass is 16.6. The number of hydrogen-bond donors (Lipinski definition) is 0. The number of rotatable bonds is 4. The van der Waals surface area contributed by atoms with Gasteiger partial charge in [0.1, 0.15) is 6.10 Å². The van der Waals surface area contributed by atoms with Gasteiger partial charge in [0, 0.05) is 5.56 Å². The number of nitriles is 1. The highest BCUT2D eigenvalue weighted by molar-refractivity contribution is 5.40. The minimum Gasteiger partial charge on any atom is -0.372 e. The van der Waals surface area contributed by atoms with Crippen LogP contribution in [0.25, 0.3) is 0 Å². The van der Waals surface area contributed by atoms with Gasteiger partial charge in [-0.2, -0.15) is 5.26 Å². The number of hydrogen-bond acceptors (Lipinski definition) is 3. The molecule has 2 unspecified atom stereocenters. The summed E-state index contributed by atoms with van der Waals surface area (Å²) in [5.41, 5.74) is 1.54. The molecule has 0 spiro atoms. The molecule has 2 atom stereocenters. The van der Waals surface area contributed by atoms with Gasteiger partial charge in [-0.05, 0) is 61.8 Å². The molecule has 3 rings (SSSR count). The second kappa shape index (κ2) is 9.58. The zero-order valence-electron chi connectivity index (χ0n) is 15.3. The molecule has 1 saturated heterocycles. The predicted molar refractivity (Wildman–Crippen MR) is 102 cm³/mol. The summed E-state index contributed by atoms with van der Waals surface area (Å²) in [7, 11) is 0. The lowest BCUT2D eigenvalue weighted by Crippen LogP contribution is -2.40. The van der Waals surface area contributed by atoms with Gasteiger partial charge in [-0.25, -0.2) is 0 Å². The van der Waals surface area contributed by atoms with Gasteiger partial charge in [-0.1, -0.05) is 30.8 Å². The maximum Gasteiger partial charge on any atom is 0.141 e. The van der Waals surface area contributed by atoms with Crippen molar-refractivity contribution in [1.29, 1.82) is 5.26 Å². The van der Waals surface area contributed by atoms with Crippen LogP contribution < -0.4 is 0 Å². The maximum atomic E-state index is 8.82. The van der Waals surface area contributed by atoms with E-state index in [2.05, 4.69) is 24.5 Å². The van der Waals surface area contributed by atoms with Gasteiger partial charge in [0.2, 0.25) is 0 Å². The van der Waals surface area contributed by atoms with E-state index in [1.54, 1.807) is 12.1 Å². The molecule has 0 radical (unpaired) electrons. The molecule has 0 amide bonds. The van der Waals surface area contributed by atoms with Crippen molar-refractivity contribution in [1.82, 2.24) is 0 Å². The van der Waals surface area contributed by atoms with E-state index in [0.29, 0.717) is 24.7 Å². The summed E-state index contributed by atoms with van der Waals surface area (Å²) >= 11 is 0. The summed E-state index contributed by atoms with van der Waals surface area (Å²) in [6.45, 7) is 5.02. The van der Waals surface area contributed by atoms with Gasteiger partial charge in [-0.3, -0.25) is 0 Å². The Hall–Kier alpha value is -2.07. The standard InChI is InChI=1S/C23H27NO2/c1-2-3-4-18-9-12-21(13-10-18)23-17-25-22(16-26-23)14-11-19-5-7-20(15-24)8-6-19/h2,5-8,18,21-23H,1,3-4,9-10,12-13,16-17H2/t18-,21-,22?,23?. The third-order valence-corrected chi connectivity index (χ3v) is 5.51. The molecule has 1 heterocycles. The summed E-state index contributed by atoms with van der Waals surface area (Å²) in [4.78, 5) is 0. The average Bonchev–Trinajstić information content (AvgIpc) is 2.72. The average molecular weight is 349 g/mol. The van der Waals surface area contributed by atoms with E-state index in [4.69, 9.17) is 14.7 Å². The highest BCUT2D eigenvalue weighted by Gasteiger charge is 2.31. The summed E-state index contributed by atoms with van der Waals surface area (Å²) in [6.07, 6.45) is 9.62. The fourth-order valence-corrected chi connectivity index (χ4v) is 3.87. The van der Waals surface area contributed by atoms with Crippen LogP contribution in [0.1, 0.15) is 49.7 Å². The van der Waals surface area contributed by atoms with Crippen LogP contribution in [0.3, 0.4) is 0 Å². The van der Waals surface area contributed by atoms with E-state index < -0.39 is 0 Å². The van der Waals surface area contributed by atoms with Gasteiger partial charge in [0.25, 0.3) is 0 Å². The normalized spacial score (nSPS) is 28.4. The van der Waals surface area contributed by atoms with Gasteiger partial charge >= 0.3 is 0 Å². The fourth-order valence-electron chi connectivity index (χ4n) is 3.87. The Morgan fingerprint density at radius 2 is 1.77 bits per heavy atom. The molecule has 0 N–H and O–H groups in total. The van der Waals surface area contributed by atoms with Crippen LogP contribution in [0, 0.1) is 35.0 Å². The molecule has 1 aliphatic heterocycles. The topological polar surface area (TPSA) is 42.2 Å². The van der Waals surface area contributed by atoms with Crippen molar-refractivity contribution in [3.63, 3.8) is 0 Å². The number of ether oxygens (including phenoxy) is 2. The second-order valence-corrected chi connectivity index (χ2v) is 7.30. The molecule has 1 aromatic carbocycles. The molecule has 3 nitrogen and oxygen atoms in total. The highest BCUT2D eigenvalue weighted by Crippen LogP contribution is 2.35. The van der Waals surface area contributed by atoms with Crippen molar-refractivity contribution in [3.8, 4) is 17.9 Å². The van der Waals surface area contributed by atoms with Crippen LogP contribution >= 0.6 is 0 Å². The smallest absolute Gasteiger partial charge is 0.141 e. The fraction of sp³-hybridized carbons (Fsp3) is 0.522. The number of benzene rings is 1. The van der Waals surface area contributed by atoms with Crippen molar-refractivity contribution in [3.05, 3.63) is 48.0 Å². The molecular formula is C23H27NO2. The first-order valence-electron chi connectivity index (χ1n) is 9.64. The van der Waals surface area contributed by atoms with Crippen LogP contribution in [0.15, 0.2) is 36.9 Å². The van der Waals surface area contributed by atoms with Crippen molar-refractivity contribution < 1.29 is 9.47 Å². The van der Waals surface area contributed by atoms with Crippen molar-refractivity contribution in [2.45, 2.75) is 50.7 Å². The Labute approximate surface area is 157 Å². The van der Waals surface area contributed by atoms with Crippen molar-refractivity contribution in [2.24, 2.45) is 11.8 Å². The molecule has 26 heavy (non-hydrogen) atoms. The quantitative estimate of drug-likeness (QED) is 0.595. The summed E-state index contributed by atoms with van der Waals surface area (Å²) < 4.78 is 12.0. The van der Waals surface area contributed by atoms with Crippen molar-refractivity contribution in [2.75, 3.05) is 13.2 Å². The molecule has 1 aromatic rings. The Morgan fingerprint density at radius 3 is 2.38 bits per heavy atom. The van der Waals surface area contributed by atoms with E-state index in [0.717, 1.165) is 17.9 Å². The molecule has 136 valence electrons. The Morgan fingerprint density at radius 1 is 1.04 bits per heavy atom. The lowest BCUT2D eigenvalue weighted by Gasteiger charge is -2.36. The largest absolute Gasteiger partial charge is 0.372 e. The molecule has 1 aliphatic carbocycles. The summed E-state index contributed by atoms with van der Waals surface area (Å²) in [5, 5.41) is 8.82. The van der Waals surface area contributed by atoms with Crippen molar-refractivity contribution >= 4 is 0 Å². The van der Waals surface area contributed by atoms with E-state index >= 15 is 0 Å². The molecule has 1 saturated carbocycles. The van der Waals surface area contributed by atoms with Crippen LogP contribution in [-0.4, -0.2) is 25.4 Å². The van der Waals surface area contributed by atoms with Crippen LogP contribution in [0.2, 0.25) is 0 Å². The molecule has 2 fully saturated rings. The molecule has 3 heteroatoms.